The maximum Gasteiger partial charge on any atom is 0.424 e. The van der Waals surface area contributed by atoms with Crippen LogP contribution < -0.4 is 4.90 Å². The first-order valence-corrected chi connectivity index (χ1v) is 8.12. The number of carbonyl (C=O) groups is 2. The minimum Gasteiger partial charge on any atom is -0.443 e. The van der Waals surface area contributed by atoms with Gasteiger partial charge in [-0.15, -0.1) is 0 Å². The molecule has 6 heteroatoms. The second kappa shape index (κ2) is 6.91. The number of anilines is 1. The summed E-state index contributed by atoms with van der Waals surface area (Å²) in [7, 11) is 0. The number of benzene rings is 1. The number of ether oxygens (including phenoxy) is 2. The van der Waals surface area contributed by atoms with Gasteiger partial charge < -0.3 is 9.47 Å². The van der Waals surface area contributed by atoms with E-state index >= 15 is 0 Å². The second-order valence-corrected chi connectivity index (χ2v) is 8.11. The van der Waals surface area contributed by atoms with Gasteiger partial charge >= 0.3 is 12.2 Å². The highest BCUT2D eigenvalue weighted by molar-refractivity contribution is 9.10. The number of halogens is 1. The molecule has 0 aromatic heterocycles. The highest BCUT2D eigenvalue weighted by Crippen LogP contribution is 2.30. The maximum absolute atomic E-state index is 12.5. The van der Waals surface area contributed by atoms with Crippen molar-refractivity contribution in [2.24, 2.45) is 0 Å². The minimum atomic E-state index is -0.781. The molecule has 0 atom stereocenters. The first kappa shape index (κ1) is 19.5. The minimum absolute atomic E-state index is 0.374. The van der Waals surface area contributed by atoms with Gasteiger partial charge in [-0.2, -0.15) is 4.90 Å². The molecular formula is C17H24BrNO4. The predicted molar refractivity (Wildman–Crippen MR) is 93.8 cm³/mol. The number of imide groups is 1. The number of nitrogens with zero attached hydrogens (tertiary/aromatic N) is 1. The van der Waals surface area contributed by atoms with Gasteiger partial charge in [0.15, 0.2) is 0 Å². The van der Waals surface area contributed by atoms with E-state index in [1.165, 1.54) is 0 Å². The Morgan fingerprint density at radius 1 is 0.957 bits per heavy atom. The molecule has 0 fully saturated rings. The zero-order chi connectivity index (χ0) is 18.0. The topological polar surface area (TPSA) is 55.8 Å². The van der Waals surface area contributed by atoms with Crippen LogP contribution in [0.4, 0.5) is 15.3 Å². The zero-order valence-corrected chi connectivity index (χ0v) is 16.3. The molecule has 1 aromatic carbocycles. The number of hydrogen-bond acceptors (Lipinski definition) is 4. The Kier molecular flexibility index (Phi) is 5.85. The molecule has 0 spiro atoms. The highest BCUT2D eigenvalue weighted by Gasteiger charge is 2.33. The summed E-state index contributed by atoms with van der Waals surface area (Å²) in [6.07, 6.45) is -1.56. The molecule has 0 aliphatic rings. The lowest BCUT2D eigenvalue weighted by molar-refractivity contribution is 0.0430. The van der Waals surface area contributed by atoms with Crippen LogP contribution in [-0.2, 0) is 9.47 Å². The van der Waals surface area contributed by atoms with Crippen molar-refractivity contribution in [2.75, 3.05) is 4.90 Å². The van der Waals surface area contributed by atoms with Crippen molar-refractivity contribution in [3.63, 3.8) is 0 Å². The van der Waals surface area contributed by atoms with Crippen molar-refractivity contribution in [3.8, 4) is 0 Å². The number of rotatable bonds is 1. The summed E-state index contributed by atoms with van der Waals surface area (Å²) in [5.74, 6) is 0. The van der Waals surface area contributed by atoms with Gasteiger partial charge in [0.25, 0.3) is 0 Å². The highest BCUT2D eigenvalue weighted by atomic mass is 79.9. The van der Waals surface area contributed by atoms with Crippen molar-refractivity contribution in [1.82, 2.24) is 0 Å². The first-order chi connectivity index (χ1) is 10.3. The van der Waals surface area contributed by atoms with E-state index in [-0.39, 0.29) is 0 Å². The second-order valence-electron chi connectivity index (χ2n) is 7.25. The van der Waals surface area contributed by atoms with Crippen LogP contribution in [0.15, 0.2) is 22.7 Å². The molecule has 0 unspecified atom stereocenters. The first-order valence-electron chi connectivity index (χ1n) is 7.32. The van der Waals surface area contributed by atoms with E-state index in [9.17, 15) is 9.59 Å². The van der Waals surface area contributed by atoms with E-state index in [1.807, 2.05) is 19.1 Å². The third-order valence-electron chi connectivity index (χ3n) is 2.50. The summed E-state index contributed by atoms with van der Waals surface area (Å²) in [6, 6.07) is 5.30. The van der Waals surface area contributed by atoms with Gasteiger partial charge in [0, 0.05) is 4.47 Å². The Hall–Kier alpha value is -1.56. The van der Waals surface area contributed by atoms with Crippen molar-refractivity contribution in [2.45, 2.75) is 59.7 Å². The van der Waals surface area contributed by atoms with Gasteiger partial charge in [-0.1, -0.05) is 6.07 Å². The molecule has 23 heavy (non-hydrogen) atoms. The number of hydrogen-bond donors (Lipinski definition) is 0. The standard InChI is InChI=1S/C17H24BrNO4/c1-11-8-9-13(12(18)10-11)19(14(20)22-16(2,3)4)15(21)23-17(5,6)7/h8-10H,1-7H3. The summed E-state index contributed by atoms with van der Waals surface area (Å²) < 4.78 is 11.3. The third kappa shape index (κ3) is 6.22. The largest absolute Gasteiger partial charge is 0.443 e. The Labute approximate surface area is 146 Å². The predicted octanol–water partition coefficient (Wildman–Crippen LogP) is 5.43. The Morgan fingerprint density at radius 3 is 1.74 bits per heavy atom. The van der Waals surface area contributed by atoms with Gasteiger partial charge in [-0.25, -0.2) is 9.59 Å². The van der Waals surface area contributed by atoms with E-state index in [1.54, 1.807) is 47.6 Å². The quantitative estimate of drug-likeness (QED) is 0.646. The summed E-state index contributed by atoms with van der Waals surface area (Å²) >= 11 is 3.39. The average molecular weight is 386 g/mol. The molecule has 5 nitrogen and oxygen atoms in total. The van der Waals surface area contributed by atoms with Gasteiger partial charge in [0.05, 0.1) is 5.69 Å². The Morgan fingerprint density at radius 2 is 1.39 bits per heavy atom. The van der Waals surface area contributed by atoms with Crippen LogP contribution >= 0.6 is 15.9 Å². The lowest BCUT2D eigenvalue weighted by Crippen LogP contribution is -2.44. The van der Waals surface area contributed by atoms with Crippen molar-refractivity contribution in [3.05, 3.63) is 28.2 Å². The van der Waals surface area contributed by atoms with Crippen molar-refractivity contribution < 1.29 is 19.1 Å². The summed E-state index contributed by atoms with van der Waals surface area (Å²) in [5, 5.41) is 0. The lowest BCUT2D eigenvalue weighted by Gasteiger charge is -2.29. The monoisotopic (exact) mass is 385 g/mol. The average Bonchev–Trinajstić information content (AvgIpc) is 2.27. The molecule has 0 aliphatic heterocycles. The van der Waals surface area contributed by atoms with Gasteiger partial charge in [0.2, 0.25) is 0 Å². The molecule has 0 radical (unpaired) electrons. The van der Waals surface area contributed by atoms with E-state index in [2.05, 4.69) is 15.9 Å². The van der Waals surface area contributed by atoms with Gasteiger partial charge in [0.1, 0.15) is 11.2 Å². The van der Waals surface area contributed by atoms with Crippen LogP contribution in [0.25, 0.3) is 0 Å². The van der Waals surface area contributed by atoms with Crippen LogP contribution in [0.1, 0.15) is 47.1 Å². The van der Waals surface area contributed by atoms with E-state index in [0.717, 1.165) is 10.5 Å². The lowest BCUT2D eigenvalue weighted by atomic mass is 10.2. The van der Waals surface area contributed by atoms with Gasteiger partial charge in [-0.05, 0) is 82.1 Å². The molecule has 0 bridgehead atoms. The molecule has 0 heterocycles. The van der Waals surface area contributed by atoms with E-state index in [0.29, 0.717) is 10.2 Å². The van der Waals surface area contributed by atoms with Crippen LogP contribution in [0, 0.1) is 6.92 Å². The molecule has 1 aromatic rings. The third-order valence-corrected chi connectivity index (χ3v) is 3.13. The molecule has 0 saturated heterocycles. The Balaban J connectivity index is 3.25. The van der Waals surface area contributed by atoms with Crippen LogP contribution in [-0.4, -0.2) is 23.4 Å². The van der Waals surface area contributed by atoms with Crippen LogP contribution in [0.3, 0.4) is 0 Å². The molecule has 0 saturated carbocycles. The van der Waals surface area contributed by atoms with E-state index in [4.69, 9.17) is 9.47 Å². The number of aryl methyl sites for hydroxylation is 1. The smallest absolute Gasteiger partial charge is 0.424 e. The summed E-state index contributed by atoms with van der Waals surface area (Å²) in [6.45, 7) is 12.3. The molecule has 1 rings (SSSR count). The molecule has 128 valence electrons. The van der Waals surface area contributed by atoms with Crippen LogP contribution in [0.5, 0.6) is 0 Å². The fraction of sp³-hybridized carbons (Fsp3) is 0.529. The molecule has 2 amide bonds. The maximum atomic E-state index is 12.5. The van der Waals surface area contributed by atoms with Crippen LogP contribution in [0.2, 0.25) is 0 Å². The molecule has 0 aliphatic carbocycles. The molecule has 0 N–H and O–H groups in total. The summed E-state index contributed by atoms with van der Waals surface area (Å²) in [5.41, 5.74) is -0.0868. The summed E-state index contributed by atoms with van der Waals surface area (Å²) in [4.78, 5) is 25.9. The SMILES string of the molecule is Cc1ccc(N(C(=O)OC(C)(C)C)C(=O)OC(C)(C)C)c(Br)c1. The zero-order valence-electron chi connectivity index (χ0n) is 14.7. The normalized spacial score (nSPS) is 11.8. The van der Waals surface area contributed by atoms with Crippen molar-refractivity contribution in [1.29, 1.82) is 0 Å². The van der Waals surface area contributed by atoms with Gasteiger partial charge in [-0.3, -0.25) is 0 Å². The Bertz CT molecular complexity index is 572. The fourth-order valence-electron chi connectivity index (χ4n) is 1.68. The number of amides is 2. The van der Waals surface area contributed by atoms with Crippen molar-refractivity contribution >= 4 is 33.8 Å². The van der Waals surface area contributed by atoms with E-state index < -0.39 is 23.4 Å². The fourth-order valence-corrected chi connectivity index (χ4v) is 2.35. The number of carbonyl (C=O) groups excluding carboxylic acids is 2. The molecular weight excluding hydrogens is 362 g/mol.